The number of rotatable bonds is 10. The third kappa shape index (κ3) is 5.02. The highest BCUT2D eigenvalue weighted by Gasteiger charge is 2.54. The standard InChI is InChI=1S/C19H17N7O9S3/c1-35-25-7(6-4-37-18(20)21-6)12(27)22-10-13(28)26-11(17(33)34)5(2-36-14(10)26)3-38-19-23-8(15(29)30)9(24-19)16(31)32/h4,10,14H,2-3H2,1H3,(H2,20,21)(H,22,27)(H,23,24)(H,29,30)(H,31,32)(H,33,34)/b25-7+/t10?,14-/m1/s1. The van der Waals surface area contributed by atoms with Gasteiger partial charge in [-0.1, -0.05) is 16.9 Å². The van der Waals surface area contributed by atoms with Crippen LogP contribution in [-0.2, 0) is 19.2 Å². The fraction of sp³-hybridized carbons (Fsp3) is 0.263. The molecular formula is C19H17N7O9S3. The number of amides is 2. The predicted octanol–water partition coefficient (Wildman–Crippen LogP) is -0.274. The van der Waals surface area contributed by atoms with E-state index in [1.807, 2.05) is 0 Å². The van der Waals surface area contributed by atoms with Crippen molar-refractivity contribution < 1.29 is 44.1 Å². The Kier molecular flexibility index (Phi) is 7.60. The zero-order valence-electron chi connectivity index (χ0n) is 19.0. The van der Waals surface area contributed by atoms with E-state index in [-0.39, 0.29) is 38.9 Å². The number of nitrogens with zero attached hydrogens (tertiary/aromatic N) is 4. The van der Waals surface area contributed by atoms with Crippen LogP contribution in [0.3, 0.4) is 0 Å². The van der Waals surface area contributed by atoms with E-state index in [2.05, 4.69) is 25.4 Å². The Labute approximate surface area is 224 Å². The van der Waals surface area contributed by atoms with Crippen LogP contribution in [0.15, 0.2) is 27.0 Å². The van der Waals surface area contributed by atoms with Crippen molar-refractivity contribution >= 4 is 75.4 Å². The fourth-order valence-electron chi connectivity index (χ4n) is 3.58. The van der Waals surface area contributed by atoms with Gasteiger partial charge in [-0.2, -0.15) is 0 Å². The summed E-state index contributed by atoms with van der Waals surface area (Å²) in [7, 11) is 1.23. The number of imidazole rings is 1. The first-order valence-electron chi connectivity index (χ1n) is 10.3. The minimum Gasteiger partial charge on any atom is -0.477 e. The second-order valence-corrected chi connectivity index (χ2v) is 10.4. The number of hydrogen-bond acceptors (Lipinski definition) is 13. The molecule has 0 aromatic carbocycles. The van der Waals surface area contributed by atoms with Gasteiger partial charge < -0.3 is 36.2 Å². The lowest BCUT2D eigenvalue weighted by molar-refractivity contribution is -0.150. The topological polar surface area (TPSA) is 250 Å². The van der Waals surface area contributed by atoms with Gasteiger partial charge in [-0.15, -0.1) is 23.1 Å². The molecule has 0 saturated carbocycles. The fourth-order valence-corrected chi connectivity index (χ4v) is 6.48. The number of aromatic carboxylic acids is 2. The number of fused-ring (bicyclic) bond motifs is 1. The highest BCUT2D eigenvalue weighted by molar-refractivity contribution is 8.01. The molecule has 4 heterocycles. The average molecular weight is 584 g/mol. The van der Waals surface area contributed by atoms with E-state index in [0.29, 0.717) is 5.57 Å². The van der Waals surface area contributed by atoms with E-state index < -0.39 is 52.5 Å². The van der Waals surface area contributed by atoms with Gasteiger partial charge in [-0.3, -0.25) is 14.5 Å². The first-order chi connectivity index (χ1) is 18.0. The van der Waals surface area contributed by atoms with Gasteiger partial charge in [0.15, 0.2) is 27.4 Å². The Bertz CT molecular complexity index is 1380. The first kappa shape index (κ1) is 26.9. The maximum atomic E-state index is 12.9. The van der Waals surface area contributed by atoms with E-state index in [9.17, 15) is 29.1 Å². The monoisotopic (exact) mass is 583 g/mol. The number of aromatic amines is 1. The van der Waals surface area contributed by atoms with Crippen LogP contribution in [-0.4, -0.2) is 101 Å². The average Bonchev–Trinajstić information content (AvgIpc) is 3.50. The molecular weight excluding hydrogens is 566 g/mol. The van der Waals surface area contributed by atoms with Crippen LogP contribution >= 0.6 is 34.9 Å². The summed E-state index contributed by atoms with van der Waals surface area (Å²) in [5, 5.41) is 35.2. The van der Waals surface area contributed by atoms with Crippen LogP contribution in [0.4, 0.5) is 5.13 Å². The number of nitrogens with one attached hydrogen (secondary N) is 2. The summed E-state index contributed by atoms with van der Waals surface area (Å²) in [6.45, 7) is 0. The van der Waals surface area contributed by atoms with Crippen LogP contribution in [0, 0.1) is 0 Å². The summed E-state index contributed by atoms with van der Waals surface area (Å²) < 4.78 is 0. The van der Waals surface area contributed by atoms with Crippen LogP contribution in [0.1, 0.15) is 26.7 Å². The second kappa shape index (κ2) is 10.7. The Morgan fingerprint density at radius 3 is 2.55 bits per heavy atom. The molecule has 19 heteroatoms. The number of aliphatic carboxylic acids is 1. The summed E-state index contributed by atoms with van der Waals surface area (Å²) in [5.41, 5.74) is 4.30. The number of oxime groups is 1. The molecule has 0 radical (unpaired) electrons. The molecule has 38 heavy (non-hydrogen) atoms. The molecule has 2 aromatic heterocycles. The Balaban J connectivity index is 1.50. The lowest BCUT2D eigenvalue weighted by atomic mass is 10.0. The van der Waals surface area contributed by atoms with Crippen molar-refractivity contribution in [1.82, 2.24) is 25.2 Å². The van der Waals surface area contributed by atoms with E-state index in [4.69, 9.17) is 20.8 Å². The maximum Gasteiger partial charge on any atom is 0.357 e. The van der Waals surface area contributed by atoms with Crippen molar-refractivity contribution in [2.45, 2.75) is 16.6 Å². The van der Waals surface area contributed by atoms with Crippen molar-refractivity contribution in [2.75, 3.05) is 24.3 Å². The Morgan fingerprint density at radius 2 is 2.00 bits per heavy atom. The van der Waals surface area contributed by atoms with Crippen LogP contribution in [0.2, 0.25) is 0 Å². The smallest absolute Gasteiger partial charge is 0.357 e. The largest absolute Gasteiger partial charge is 0.477 e. The van der Waals surface area contributed by atoms with E-state index in [1.165, 1.54) is 24.3 Å². The number of thioether (sulfide) groups is 2. The number of nitrogens with two attached hydrogens (primary N) is 1. The lowest BCUT2D eigenvalue weighted by Crippen LogP contribution is -2.71. The molecule has 16 nitrogen and oxygen atoms in total. The number of nitrogen functional groups attached to an aromatic ring is 1. The van der Waals surface area contributed by atoms with E-state index >= 15 is 0 Å². The molecule has 1 unspecified atom stereocenters. The third-order valence-corrected chi connectivity index (χ3v) is 8.15. The van der Waals surface area contributed by atoms with E-state index in [0.717, 1.165) is 28.0 Å². The molecule has 2 aliphatic rings. The number of β-lactam (4-membered cyclic amide) rings is 1. The van der Waals surface area contributed by atoms with Gasteiger partial charge in [0.25, 0.3) is 11.8 Å². The number of hydrogen-bond donors (Lipinski definition) is 6. The van der Waals surface area contributed by atoms with Gasteiger partial charge in [0.05, 0.1) is 0 Å². The van der Waals surface area contributed by atoms with Crippen LogP contribution in [0.25, 0.3) is 0 Å². The van der Waals surface area contributed by atoms with Crippen molar-refractivity contribution in [2.24, 2.45) is 5.16 Å². The number of H-pyrrole nitrogens is 1. The quantitative estimate of drug-likeness (QED) is 0.0911. The predicted molar refractivity (Wildman–Crippen MR) is 133 cm³/mol. The summed E-state index contributed by atoms with van der Waals surface area (Å²) in [6, 6.07) is -1.05. The minimum absolute atomic E-state index is 0.0241. The van der Waals surface area contributed by atoms with E-state index in [1.54, 1.807) is 0 Å². The third-order valence-electron chi connectivity index (χ3n) is 5.18. The van der Waals surface area contributed by atoms with Gasteiger partial charge in [0.1, 0.15) is 29.9 Å². The number of carbonyl (C=O) groups excluding carboxylic acids is 2. The molecule has 2 amide bonds. The zero-order chi connectivity index (χ0) is 27.7. The molecule has 0 spiro atoms. The van der Waals surface area contributed by atoms with Gasteiger partial charge in [0.2, 0.25) is 0 Å². The minimum atomic E-state index is -1.54. The molecule has 200 valence electrons. The van der Waals surface area contributed by atoms with Crippen molar-refractivity contribution in [3.63, 3.8) is 0 Å². The van der Waals surface area contributed by atoms with Crippen molar-refractivity contribution in [3.05, 3.63) is 33.7 Å². The van der Waals surface area contributed by atoms with Crippen molar-refractivity contribution in [3.8, 4) is 0 Å². The normalized spacial score (nSPS) is 19.0. The second-order valence-electron chi connectivity index (χ2n) is 7.48. The number of aromatic nitrogens is 3. The highest BCUT2D eigenvalue weighted by Crippen LogP contribution is 2.41. The summed E-state index contributed by atoms with van der Waals surface area (Å²) in [4.78, 5) is 76.2. The van der Waals surface area contributed by atoms with Gasteiger partial charge in [-0.25, -0.2) is 24.4 Å². The molecule has 7 N–H and O–H groups in total. The summed E-state index contributed by atoms with van der Waals surface area (Å²) in [5.74, 6) is -5.72. The number of carboxylic acid groups (broad SMARTS) is 3. The first-order valence-corrected chi connectivity index (χ1v) is 13.2. The summed E-state index contributed by atoms with van der Waals surface area (Å²) in [6.07, 6.45) is 0. The Morgan fingerprint density at radius 1 is 1.26 bits per heavy atom. The zero-order valence-corrected chi connectivity index (χ0v) is 21.5. The molecule has 4 rings (SSSR count). The van der Waals surface area contributed by atoms with Gasteiger partial charge in [-0.05, 0) is 5.57 Å². The van der Waals surface area contributed by atoms with Crippen LogP contribution in [0.5, 0.6) is 0 Å². The Hall–Kier alpha value is -4.10. The van der Waals surface area contributed by atoms with Gasteiger partial charge >= 0.3 is 17.9 Å². The SMILES string of the molecule is CO/N=C(/C(=O)NC1C(=O)N2C(C(=O)O)=C(CSc3nc(C(=O)O)c(C(=O)O)[nH]3)CS[C@H]12)c1csc(N)n1. The van der Waals surface area contributed by atoms with Gasteiger partial charge in [0, 0.05) is 16.9 Å². The number of carboxylic acids is 3. The number of anilines is 1. The van der Waals surface area contributed by atoms with Crippen molar-refractivity contribution in [1.29, 1.82) is 0 Å². The molecule has 2 aliphatic heterocycles. The molecule has 1 fully saturated rings. The van der Waals surface area contributed by atoms with Crippen LogP contribution < -0.4 is 11.1 Å². The molecule has 2 atom stereocenters. The summed E-state index contributed by atoms with van der Waals surface area (Å²) >= 11 is 3.17. The molecule has 1 saturated heterocycles. The lowest BCUT2D eigenvalue weighted by Gasteiger charge is -2.49. The highest BCUT2D eigenvalue weighted by atomic mass is 32.2. The number of carbonyl (C=O) groups is 5. The molecule has 0 aliphatic carbocycles. The molecule has 0 bridgehead atoms. The molecule has 2 aromatic rings. The number of thiazole rings is 1. The maximum absolute atomic E-state index is 12.9.